The Morgan fingerprint density at radius 2 is 1.97 bits per heavy atom. The SMILES string of the molecule is Cc1cn2c(-c3cnn(CC(=O)Nc4cccc(F)c4C)c3)cnc2c(NCCCCN(C)C)n1. The minimum Gasteiger partial charge on any atom is -0.367 e. The van der Waals surface area contributed by atoms with Crippen molar-refractivity contribution in [1.82, 2.24) is 29.0 Å². The number of fused-ring (bicyclic) bond motifs is 1. The van der Waals surface area contributed by atoms with Crippen molar-refractivity contribution in [2.75, 3.05) is 37.8 Å². The van der Waals surface area contributed by atoms with Crippen LogP contribution < -0.4 is 10.6 Å². The van der Waals surface area contributed by atoms with Crippen LogP contribution in [0.2, 0.25) is 0 Å². The zero-order valence-corrected chi connectivity index (χ0v) is 20.5. The fourth-order valence-electron chi connectivity index (χ4n) is 3.86. The van der Waals surface area contributed by atoms with E-state index >= 15 is 0 Å². The maximum absolute atomic E-state index is 13.7. The third-order valence-corrected chi connectivity index (χ3v) is 5.71. The van der Waals surface area contributed by atoms with E-state index in [1.807, 2.05) is 17.5 Å². The van der Waals surface area contributed by atoms with Crippen LogP contribution >= 0.6 is 0 Å². The van der Waals surface area contributed by atoms with Gasteiger partial charge in [0.25, 0.3) is 0 Å². The third kappa shape index (κ3) is 5.83. The number of nitrogens with one attached hydrogen (secondary N) is 2. The smallest absolute Gasteiger partial charge is 0.246 e. The summed E-state index contributed by atoms with van der Waals surface area (Å²) in [5.41, 5.74) is 4.14. The Balaban J connectivity index is 1.46. The Morgan fingerprint density at radius 1 is 1.14 bits per heavy atom. The number of nitrogens with zero attached hydrogens (tertiary/aromatic N) is 6. The van der Waals surface area contributed by atoms with Crippen LogP contribution in [0.15, 0.2) is 43.0 Å². The molecule has 9 nitrogen and oxygen atoms in total. The topological polar surface area (TPSA) is 92.4 Å². The Bertz CT molecular complexity index is 1330. The van der Waals surface area contributed by atoms with Gasteiger partial charge in [0, 0.05) is 35.8 Å². The van der Waals surface area contributed by atoms with Gasteiger partial charge in [-0.15, -0.1) is 0 Å². The molecule has 0 saturated heterocycles. The molecular formula is C25H31FN8O. The van der Waals surface area contributed by atoms with Gasteiger partial charge < -0.3 is 15.5 Å². The number of imidazole rings is 1. The molecular weight excluding hydrogens is 447 g/mol. The third-order valence-electron chi connectivity index (χ3n) is 5.71. The molecule has 4 rings (SSSR count). The molecule has 2 N–H and O–H groups in total. The average Bonchev–Trinajstić information content (AvgIpc) is 3.43. The monoisotopic (exact) mass is 478 g/mol. The number of aromatic nitrogens is 5. The van der Waals surface area contributed by atoms with E-state index < -0.39 is 0 Å². The molecule has 35 heavy (non-hydrogen) atoms. The Hall–Kier alpha value is -3.79. The molecule has 0 aliphatic carbocycles. The first-order chi connectivity index (χ1) is 16.8. The van der Waals surface area contributed by atoms with Crippen molar-refractivity contribution >= 4 is 23.1 Å². The van der Waals surface area contributed by atoms with Gasteiger partial charge in [0.15, 0.2) is 11.5 Å². The summed E-state index contributed by atoms with van der Waals surface area (Å²) in [6.07, 6.45) is 9.36. The molecule has 0 spiro atoms. The number of aryl methyl sites for hydroxylation is 1. The van der Waals surface area contributed by atoms with E-state index in [1.54, 1.807) is 42.3 Å². The predicted molar refractivity (Wildman–Crippen MR) is 135 cm³/mol. The van der Waals surface area contributed by atoms with Crippen molar-refractivity contribution in [1.29, 1.82) is 0 Å². The van der Waals surface area contributed by atoms with Crippen molar-refractivity contribution in [3.05, 3.63) is 60.1 Å². The molecule has 0 aliphatic heterocycles. The summed E-state index contributed by atoms with van der Waals surface area (Å²) in [7, 11) is 4.15. The van der Waals surface area contributed by atoms with E-state index in [1.165, 1.54) is 6.07 Å². The average molecular weight is 479 g/mol. The molecule has 1 amide bonds. The van der Waals surface area contributed by atoms with E-state index in [9.17, 15) is 9.18 Å². The zero-order chi connectivity index (χ0) is 24.9. The number of amides is 1. The molecule has 1 aromatic carbocycles. The highest BCUT2D eigenvalue weighted by atomic mass is 19.1. The second kappa shape index (κ2) is 10.6. The summed E-state index contributed by atoms with van der Waals surface area (Å²) >= 11 is 0. The summed E-state index contributed by atoms with van der Waals surface area (Å²) in [4.78, 5) is 23.9. The summed E-state index contributed by atoms with van der Waals surface area (Å²) in [6, 6.07) is 4.61. The minimum atomic E-state index is -0.357. The van der Waals surface area contributed by atoms with Crippen molar-refractivity contribution < 1.29 is 9.18 Å². The van der Waals surface area contributed by atoms with Crippen molar-refractivity contribution in [2.45, 2.75) is 33.2 Å². The highest BCUT2D eigenvalue weighted by molar-refractivity contribution is 5.91. The predicted octanol–water partition coefficient (Wildman–Crippen LogP) is 3.74. The maximum atomic E-state index is 13.7. The highest BCUT2D eigenvalue weighted by Gasteiger charge is 2.14. The lowest BCUT2D eigenvalue weighted by molar-refractivity contribution is -0.116. The molecule has 3 aromatic heterocycles. The van der Waals surface area contributed by atoms with Crippen LogP contribution in [-0.2, 0) is 11.3 Å². The van der Waals surface area contributed by atoms with Crippen molar-refractivity contribution in [3.8, 4) is 11.3 Å². The van der Waals surface area contributed by atoms with E-state index in [-0.39, 0.29) is 18.3 Å². The molecule has 0 atom stereocenters. The maximum Gasteiger partial charge on any atom is 0.246 e. The van der Waals surface area contributed by atoms with Gasteiger partial charge in [0.05, 0.1) is 23.8 Å². The number of carbonyl (C=O) groups is 1. The van der Waals surface area contributed by atoms with Gasteiger partial charge in [-0.1, -0.05) is 6.07 Å². The van der Waals surface area contributed by atoms with Gasteiger partial charge in [0.2, 0.25) is 5.91 Å². The summed E-state index contributed by atoms with van der Waals surface area (Å²) in [5, 5.41) is 10.5. The second-order valence-electron chi connectivity index (χ2n) is 8.89. The highest BCUT2D eigenvalue weighted by Crippen LogP contribution is 2.24. The number of hydrogen-bond donors (Lipinski definition) is 2. The zero-order valence-electron chi connectivity index (χ0n) is 20.5. The minimum absolute atomic E-state index is 0.00697. The van der Waals surface area contributed by atoms with E-state index in [0.717, 1.165) is 54.3 Å². The molecule has 0 aliphatic rings. The molecule has 4 aromatic rings. The first-order valence-electron chi connectivity index (χ1n) is 11.6. The molecule has 3 heterocycles. The quantitative estimate of drug-likeness (QED) is 0.338. The van der Waals surface area contributed by atoms with Gasteiger partial charge in [0.1, 0.15) is 12.4 Å². The number of benzene rings is 1. The van der Waals surface area contributed by atoms with Crippen LogP contribution in [0.5, 0.6) is 0 Å². The van der Waals surface area contributed by atoms with Crippen molar-refractivity contribution in [2.24, 2.45) is 0 Å². The largest absolute Gasteiger partial charge is 0.367 e. The lowest BCUT2D eigenvalue weighted by Crippen LogP contribution is -2.19. The normalized spacial score (nSPS) is 11.4. The van der Waals surface area contributed by atoms with E-state index in [4.69, 9.17) is 0 Å². The lowest BCUT2D eigenvalue weighted by Gasteiger charge is -2.11. The number of hydrogen-bond acceptors (Lipinski definition) is 6. The van der Waals surface area contributed by atoms with Crippen molar-refractivity contribution in [3.63, 3.8) is 0 Å². The second-order valence-corrected chi connectivity index (χ2v) is 8.89. The van der Waals surface area contributed by atoms with Gasteiger partial charge in [-0.25, -0.2) is 14.4 Å². The van der Waals surface area contributed by atoms with Crippen LogP contribution in [0, 0.1) is 19.7 Å². The number of rotatable bonds is 10. The molecule has 0 radical (unpaired) electrons. The van der Waals surface area contributed by atoms with Gasteiger partial charge >= 0.3 is 0 Å². The number of halogens is 1. The van der Waals surface area contributed by atoms with E-state index in [2.05, 4.69) is 44.7 Å². The molecule has 0 unspecified atom stereocenters. The van der Waals surface area contributed by atoms with Crippen LogP contribution in [0.1, 0.15) is 24.1 Å². The van der Waals surface area contributed by atoms with Crippen LogP contribution in [-0.4, -0.2) is 62.1 Å². The van der Waals surface area contributed by atoms with Crippen LogP contribution in [0.4, 0.5) is 15.9 Å². The first-order valence-corrected chi connectivity index (χ1v) is 11.6. The standard InChI is InChI=1S/C25H31FN8O/c1-17-14-34-22(13-28-25(34)24(30-17)27-10-5-6-11-32(3)4)19-12-29-33(15-19)16-23(35)31-21-9-7-8-20(26)18(21)2/h7-9,12-15H,5-6,10-11,16H2,1-4H3,(H,27,30)(H,31,35). The molecule has 0 saturated carbocycles. The molecule has 184 valence electrons. The summed E-state index contributed by atoms with van der Waals surface area (Å²) in [6.45, 7) is 5.46. The summed E-state index contributed by atoms with van der Waals surface area (Å²) < 4.78 is 17.3. The van der Waals surface area contributed by atoms with Crippen LogP contribution in [0.3, 0.4) is 0 Å². The summed E-state index contributed by atoms with van der Waals surface area (Å²) in [5.74, 6) is 0.106. The molecule has 0 bridgehead atoms. The fourth-order valence-corrected chi connectivity index (χ4v) is 3.86. The van der Waals surface area contributed by atoms with Gasteiger partial charge in [-0.05, 0) is 59.5 Å². The van der Waals surface area contributed by atoms with E-state index in [0.29, 0.717) is 11.3 Å². The molecule has 0 fully saturated rings. The fraction of sp³-hybridized carbons (Fsp3) is 0.360. The number of unbranched alkanes of at least 4 members (excludes halogenated alkanes) is 1. The molecule has 10 heteroatoms. The Morgan fingerprint density at radius 3 is 2.77 bits per heavy atom. The Labute approximate surface area is 204 Å². The Kier molecular flexibility index (Phi) is 7.40. The lowest BCUT2D eigenvalue weighted by atomic mass is 10.2. The van der Waals surface area contributed by atoms with Gasteiger partial charge in [-0.2, -0.15) is 5.10 Å². The number of carbonyl (C=O) groups excluding carboxylic acids is 1. The van der Waals surface area contributed by atoms with Gasteiger partial charge in [-0.3, -0.25) is 13.9 Å². The van der Waals surface area contributed by atoms with Crippen LogP contribution in [0.25, 0.3) is 16.9 Å². The first kappa shape index (κ1) is 24.3. The number of anilines is 2.